The van der Waals surface area contributed by atoms with E-state index in [0.717, 1.165) is 5.69 Å². The lowest BCUT2D eigenvalue weighted by molar-refractivity contribution is -0.140. The summed E-state index contributed by atoms with van der Waals surface area (Å²) >= 11 is 8.15. The average Bonchev–Trinajstić information content (AvgIpc) is 2.38. The van der Waals surface area contributed by atoms with Crippen molar-refractivity contribution in [2.24, 2.45) is 4.99 Å². The van der Waals surface area contributed by atoms with Crippen LogP contribution in [-0.4, -0.2) is 33.9 Å². The number of carboxylic acids is 1. The zero-order valence-electron chi connectivity index (χ0n) is 10.2. The molecule has 7 heteroatoms. The molecule has 2 N–H and O–H groups in total. The lowest BCUT2D eigenvalue weighted by Crippen LogP contribution is -2.40. The minimum atomic E-state index is -1.06. The van der Waals surface area contributed by atoms with E-state index in [4.69, 9.17) is 5.11 Å². The first-order valence-corrected chi connectivity index (χ1v) is 6.29. The Kier molecular flexibility index (Phi) is 9.34. The number of aliphatic imine (C=N–C) groups is 1. The van der Waals surface area contributed by atoms with Crippen LogP contribution in [0.2, 0.25) is 0 Å². The molecular formula is C12H14N2O3S2. The lowest BCUT2D eigenvalue weighted by atomic mass is 10.3. The molecule has 0 spiro atoms. The average molecular weight is 298 g/mol. The number of benzene rings is 1. The Morgan fingerprint density at radius 3 is 2.37 bits per heavy atom. The molecule has 102 valence electrons. The van der Waals surface area contributed by atoms with Gasteiger partial charge in [0, 0.05) is 12.7 Å². The van der Waals surface area contributed by atoms with Crippen molar-refractivity contribution in [1.29, 1.82) is 0 Å². The molecule has 0 aromatic heterocycles. The number of thiocarbonyl (C=S) groups is 1. The topological polar surface area (TPSA) is 78.8 Å². The van der Waals surface area contributed by atoms with Crippen LogP contribution in [0.3, 0.4) is 0 Å². The van der Waals surface area contributed by atoms with E-state index in [1.54, 1.807) is 0 Å². The number of rotatable bonds is 4. The molecule has 5 nitrogen and oxygen atoms in total. The van der Waals surface area contributed by atoms with Crippen LogP contribution >= 0.6 is 24.8 Å². The van der Waals surface area contributed by atoms with E-state index in [-0.39, 0.29) is 11.7 Å². The normalized spacial score (nSPS) is 10.2. The Bertz CT molecular complexity index is 459. The fourth-order valence-corrected chi connectivity index (χ4v) is 1.34. The van der Waals surface area contributed by atoms with Gasteiger partial charge in [0.25, 0.3) is 0 Å². The monoisotopic (exact) mass is 298 g/mol. The van der Waals surface area contributed by atoms with Crippen LogP contribution in [0.4, 0.5) is 5.69 Å². The van der Waals surface area contributed by atoms with E-state index in [0.29, 0.717) is 0 Å². The summed E-state index contributed by atoms with van der Waals surface area (Å²) in [4.78, 5) is 24.3. The van der Waals surface area contributed by atoms with Crippen LogP contribution in [-0.2, 0) is 9.59 Å². The fraction of sp³-hybridized carbons (Fsp3) is 0.250. The summed E-state index contributed by atoms with van der Waals surface area (Å²) in [6.45, 7) is 1.26. The molecule has 0 fully saturated rings. The molecule has 0 aliphatic carbocycles. The van der Waals surface area contributed by atoms with Gasteiger partial charge in [-0.2, -0.15) is 17.6 Å². The van der Waals surface area contributed by atoms with Crippen molar-refractivity contribution >= 4 is 47.6 Å². The third-order valence-corrected chi connectivity index (χ3v) is 2.25. The summed E-state index contributed by atoms with van der Waals surface area (Å²) in [7, 11) is 0. The highest BCUT2D eigenvalue weighted by molar-refractivity contribution is 7.80. The predicted molar refractivity (Wildman–Crippen MR) is 80.2 cm³/mol. The number of para-hydroxylation sites is 1. The van der Waals surface area contributed by atoms with Gasteiger partial charge >= 0.3 is 5.97 Å². The van der Waals surface area contributed by atoms with Gasteiger partial charge < -0.3 is 10.4 Å². The van der Waals surface area contributed by atoms with Crippen LogP contribution in [0, 0.1) is 0 Å². The SMILES string of the molecule is CC(=O)NC(CS)C(=O)O.S=C=Nc1ccccc1. The molecule has 1 rings (SSSR count). The molecule has 0 saturated heterocycles. The Balaban J connectivity index is 0.000000342. The number of carbonyl (C=O) groups excluding carboxylic acids is 1. The molecule has 0 aliphatic rings. The number of isothiocyanates is 1. The maximum Gasteiger partial charge on any atom is 0.327 e. The van der Waals surface area contributed by atoms with E-state index < -0.39 is 12.0 Å². The van der Waals surface area contributed by atoms with Gasteiger partial charge in [0.15, 0.2) is 0 Å². The highest BCUT2D eigenvalue weighted by Crippen LogP contribution is 2.07. The van der Waals surface area contributed by atoms with Crippen LogP contribution < -0.4 is 5.32 Å². The maximum absolute atomic E-state index is 10.3. The Morgan fingerprint density at radius 2 is 2.05 bits per heavy atom. The second-order valence-corrected chi connectivity index (χ2v) is 3.86. The number of aliphatic carboxylic acids is 1. The van der Waals surface area contributed by atoms with Crippen molar-refractivity contribution < 1.29 is 14.7 Å². The molecule has 0 bridgehead atoms. The number of carbonyl (C=O) groups is 2. The van der Waals surface area contributed by atoms with Gasteiger partial charge in [0.2, 0.25) is 5.91 Å². The predicted octanol–water partition coefficient (Wildman–Crippen LogP) is 1.93. The van der Waals surface area contributed by atoms with E-state index in [1.807, 2.05) is 30.3 Å². The molecule has 19 heavy (non-hydrogen) atoms. The zero-order chi connectivity index (χ0) is 14.7. The minimum Gasteiger partial charge on any atom is -0.480 e. The number of amides is 1. The van der Waals surface area contributed by atoms with Crippen molar-refractivity contribution in [3.63, 3.8) is 0 Å². The van der Waals surface area contributed by atoms with Crippen molar-refractivity contribution in [2.75, 3.05) is 5.75 Å². The van der Waals surface area contributed by atoms with Gasteiger partial charge in [0.1, 0.15) is 6.04 Å². The summed E-state index contributed by atoms with van der Waals surface area (Å²) in [5.74, 6) is -1.32. The molecule has 1 atom stereocenters. The van der Waals surface area contributed by atoms with Gasteiger partial charge in [-0.15, -0.1) is 0 Å². The fourth-order valence-electron chi connectivity index (χ4n) is 0.986. The largest absolute Gasteiger partial charge is 0.480 e. The van der Waals surface area contributed by atoms with E-state index in [1.165, 1.54) is 6.92 Å². The Hall–Kier alpha value is -1.69. The Labute approximate surface area is 122 Å². The number of hydrogen-bond donors (Lipinski definition) is 3. The van der Waals surface area contributed by atoms with Crippen LogP contribution in [0.1, 0.15) is 6.92 Å². The maximum atomic E-state index is 10.3. The standard InChI is InChI=1S/C7H5NS.C5H9NO3S/c9-6-8-7-4-2-1-3-5-7;1-3(7)6-4(2-10)5(8)9/h1-5H;4,10H,2H2,1H3,(H,6,7)(H,8,9). The van der Waals surface area contributed by atoms with Gasteiger partial charge in [0.05, 0.1) is 10.8 Å². The van der Waals surface area contributed by atoms with E-state index in [2.05, 4.69) is 40.3 Å². The first-order valence-electron chi connectivity index (χ1n) is 5.25. The van der Waals surface area contributed by atoms with Crippen molar-refractivity contribution in [1.82, 2.24) is 5.32 Å². The molecule has 1 aromatic carbocycles. The van der Waals surface area contributed by atoms with Crippen LogP contribution in [0.25, 0.3) is 0 Å². The van der Waals surface area contributed by atoms with Crippen LogP contribution in [0.15, 0.2) is 35.3 Å². The summed E-state index contributed by atoms with van der Waals surface area (Å²) in [5.41, 5.74) is 0.854. The molecule has 1 aromatic rings. The van der Waals surface area contributed by atoms with Gasteiger partial charge in [-0.1, -0.05) is 18.2 Å². The highest BCUT2D eigenvalue weighted by atomic mass is 32.1. The van der Waals surface area contributed by atoms with Gasteiger partial charge in [-0.05, 0) is 24.4 Å². The third kappa shape index (κ3) is 8.96. The van der Waals surface area contributed by atoms with E-state index >= 15 is 0 Å². The molecular weight excluding hydrogens is 284 g/mol. The Morgan fingerprint density at radius 1 is 1.47 bits per heavy atom. The molecule has 1 amide bonds. The number of nitrogens with one attached hydrogen (secondary N) is 1. The molecule has 0 heterocycles. The highest BCUT2D eigenvalue weighted by Gasteiger charge is 2.15. The number of carboxylic acid groups (broad SMARTS) is 1. The second kappa shape index (κ2) is 10.3. The minimum absolute atomic E-state index is 0.106. The molecule has 1 unspecified atom stereocenters. The first kappa shape index (κ1) is 17.3. The van der Waals surface area contributed by atoms with Crippen molar-refractivity contribution in [3.8, 4) is 0 Å². The summed E-state index contributed by atoms with van der Waals surface area (Å²) in [6, 6.07) is 8.62. The van der Waals surface area contributed by atoms with Crippen molar-refractivity contribution in [3.05, 3.63) is 30.3 Å². The number of hydrogen-bond acceptors (Lipinski definition) is 5. The first-order chi connectivity index (χ1) is 9.01. The lowest BCUT2D eigenvalue weighted by Gasteiger charge is -2.08. The third-order valence-electron chi connectivity index (χ3n) is 1.79. The van der Waals surface area contributed by atoms with Crippen LogP contribution in [0.5, 0.6) is 0 Å². The summed E-state index contributed by atoms with van der Waals surface area (Å²) < 4.78 is 0. The van der Waals surface area contributed by atoms with E-state index in [9.17, 15) is 9.59 Å². The number of nitrogens with zero attached hydrogens (tertiary/aromatic N) is 1. The molecule has 0 saturated carbocycles. The second-order valence-electron chi connectivity index (χ2n) is 3.31. The smallest absolute Gasteiger partial charge is 0.327 e. The summed E-state index contributed by atoms with van der Waals surface area (Å²) in [5, 5.41) is 12.9. The molecule has 0 aliphatic heterocycles. The zero-order valence-corrected chi connectivity index (χ0v) is 11.9. The van der Waals surface area contributed by atoms with Gasteiger partial charge in [-0.25, -0.2) is 4.79 Å². The van der Waals surface area contributed by atoms with Crippen molar-refractivity contribution in [2.45, 2.75) is 13.0 Å². The van der Waals surface area contributed by atoms with Gasteiger partial charge in [-0.3, -0.25) is 4.79 Å². The quantitative estimate of drug-likeness (QED) is 0.451. The molecule has 0 radical (unpaired) electrons. The number of thiol groups is 1. The summed E-state index contributed by atoms with van der Waals surface area (Å²) in [6.07, 6.45) is 0.